The molecule has 0 bridgehead atoms. The Kier molecular flexibility index (Phi) is 11.4. The number of likely N-dealkylation sites (tertiary alicyclic amines) is 1. The fraction of sp³-hybridized carbons (Fsp3) is 0.487. The number of halogens is 1. The Labute approximate surface area is 302 Å². The summed E-state index contributed by atoms with van der Waals surface area (Å²) in [5.74, 6) is -0.0161. The molecule has 0 aromatic heterocycles. The molecule has 10 nitrogen and oxygen atoms in total. The van der Waals surface area contributed by atoms with Gasteiger partial charge in [0.1, 0.15) is 17.3 Å². The number of fused-ring (bicyclic) bond motifs is 1. The van der Waals surface area contributed by atoms with E-state index in [-0.39, 0.29) is 17.7 Å². The van der Waals surface area contributed by atoms with Crippen LogP contribution in [0, 0.1) is 5.92 Å². The average Bonchev–Trinajstić information content (AvgIpc) is 3.60. The number of benzene rings is 3. The number of hydrogen-bond donors (Lipinski definition) is 4. The van der Waals surface area contributed by atoms with E-state index in [0.29, 0.717) is 44.6 Å². The number of carbonyl (C=O) groups is 4. The highest BCUT2D eigenvalue weighted by Crippen LogP contribution is 2.32. The first kappa shape index (κ1) is 35.9. The van der Waals surface area contributed by atoms with Crippen LogP contribution in [-0.2, 0) is 20.8 Å². The summed E-state index contributed by atoms with van der Waals surface area (Å²) in [7, 11) is 0. The Morgan fingerprint density at radius 3 is 2.24 bits per heavy atom. The minimum absolute atomic E-state index is 0.0642. The van der Waals surface area contributed by atoms with Gasteiger partial charge < -0.3 is 31.3 Å². The van der Waals surface area contributed by atoms with Crippen LogP contribution in [0.25, 0.3) is 10.8 Å². The van der Waals surface area contributed by atoms with Crippen molar-refractivity contribution in [1.82, 2.24) is 20.9 Å². The molecule has 2 aliphatic carbocycles. The third-order valence-corrected chi connectivity index (χ3v) is 11.3. The molecule has 3 aromatic carbocycles. The van der Waals surface area contributed by atoms with Crippen molar-refractivity contribution in [3.05, 3.63) is 76.8 Å². The lowest BCUT2D eigenvalue weighted by atomic mass is 9.81. The zero-order chi connectivity index (χ0) is 35.1. The van der Waals surface area contributed by atoms with Crippen molar-refractivity contribution in [3.63, 3.8) is 0 Å². The zero-order valence-electron chi connectivity index (χ0n) is 28.6. The van der Waals surface area contributed by atoms with Gasteiger partial charge in [-0.1, -0.05) is 90.5 Å². The van der Waals surface area contributed by atoms with Crippen molar-refractivity contribution in [2.45, 2.75) is 94.2 Å². The van der Waals surface area contributed by atoms with Crippen molar-refractivity contribution in [2.24, 2.45) is 11.7 Å². The summed E-state index contributed by atoms with van der Waals surface area (Å²) in [4.78, 5) is 56.1. The Bertz CT molecular complexity index is 1680. The average molecular weight is 747 g/mol. The molecule has 11 heteroatoms. The van der Waals surface area contributed by atoms with Gasteiger partial charge in [0.05, 0.1) is 5.54 Å². The highest BCUT2D eigenvalue weighted by molar-refractivity contribution is 9.10. The van der Waals surface area contributed by atoms with Gasteiger partial charge in [0.15, 0.2) is 0 Å². The molecule has 6 rings (SSSR count). The van der Waals surface area contributed by atoms with Gasteiger partial charge in [-0.05, 0) is 85.0 Å². The summed E-state index contributed by atoms with van der Waals surface area (Å²) in [5.41, 5.74) is 5.51. The summed E-state index contributed by atoms with van der Waals surface area (Å²) in [5, 5.41) is 10.9. The molecular weight excluding hydrogens is 698 g/mol. The molecule has 3 aromatic rings. The number of ether oxygens (including phenoxy) is 1. The van der Waals surface area contributed by atoms with E-state index in [1.54, 1.807) is 12.1 Å². The quantitative estimate of drug-likeness (QED) is 0.208. The first-order valence-electron chi connectivity index (χ1n) is 18.0. The lowest BCUT2D eigenvalue weighted by molar-refractivity contribution is -0.139. The fourth-order valence-electron chi connectivity index (χ4n) is 7.75. The number of hydrogen-bond acceptors (Lipinski definition) is 6. The van der Waals surface area contributed by atoms with Crippen molar-refractivity contribution >= 4 is 50.5 Å². The fourth-order valence-corrected chi connectivity index (χ4v) is 8.13. The molecule has 5 N–H and O–H groups in total. The zero-order valence-corrected chi connectivity index (χ0v) is 30.1. The minimum atomic E-state index is -1.19. The largest absolute Gasteiger partial charge is 0.413 e. The number of nitrogens with two attached hydrogens (primary N) is 1. The van der Waals surface area contributed by atoms with Crippen LogP contribution in [0.1, 0.15) is 76.2 Å². The van der Waals surface area contributed by atoms with Gasteiger partial charge >= 0.3 is 6.09 Å². The molecule has 50 heavy (non-hydrogen) atoms. The Morgan fingerprint density at radius 1 is 0.860 bits per heavy atom. The number of amides is 4. The third kappa shape index (κ3) is 8.66. The van der Waals surface area contributed by atoms with Crippen molar-refractivity contribution in [1.29, 1.82) is 0 Å². The van der Waals surface area contributed by atoms with Crippen LogP contribution >= 0.6 is 15.9 Å². The summed E-state index contributed by atoms with van der Waals surface area (Å²) >= 11 is 3.48. The molecule has 266 valence electrons. The number of carbonyl (C=O) groups excluding carboxylic acids is 4. The molecule has 3 fully saturated rings. The van der Waals surface area contributed by atoms with E-state index in [1.165, 1.54) is 0 Å². The number of nitrogens with zero attached hydrogens (tertiary/aromatic N) is 1. The Hall–Kier alpha value is -3.96. The topological polar surface area (TPSA) is 143 Å². The molecule has 3 aliphatic rings. The van der Waals surface area contributed by atoms with Crippen LogP contribution in [0.2, 0.25) is 0 Å². The monoisotopic (exact) mass is 745 g/mol. The molecule has 4 amide bonds. The molecule has 1 saturated heterocycles. The molecule has 0 radical (unpaired) electrons. The first-order chi connectivity index (χ1) is 24.1. The van der Waals surface area contributed by atoms with Gasteiger partial charge in [-0.15, -0.1) is 0 Å². The van der Waals surface area contributed by atoms with Gasteiger partial charge in [0.2, 0.25) is 17.7 Å². The van der Waals surface area contributed by atoms with Gasteiger partial charge in [-0.25, -0.2) is 4.79 Å². The van der Waals surface area contributed by atoms with E-state index >= 15 is 0 Å². The number of nitrogens with one attached hydrogen (secondary N) is 3. The van der Waals surface area contributed by atoms with E-state index in [9.17, 15) is 19.2 Å². The van der Waals surface area contributed by atoms with Gasteiger partial charge in [-0.2, -0.15) is 0 Å². The molecule has 1 atom stereocenters. The second-order valence-electron chi connectivity index (χ2n) is 14.4. The Morgan fingerprint density at radius 2 is 1.52 bits per heavy atom. The number of piperidine rings is 1. The van der Waals surface area contributed by atoms with Crippen LogP contribution < -0.4 is 26.4 Å². The van der Waals surface area contributed by atoms with E-state index in [4.69, 9.17) is 10.5 Å². The van der Waals surface area contributed by atoms with Crippen LogP contribution in [0.3, 0.4) is 0 Å². The standard InChI is InChI=1S/C39H48BrN5O5/c40-31-13-11-30-25-32(14-12-29(30)24-31)50-37(49)44-39(19-7-8-20-39)35(47)43-33(23-27-9-3-1-4-10-27)34(46)42-26-28-15-21-45(22-16-28)36(48)38(41)17-5-2-6-18-38/h1,3-4,9-14,24-25,28,33H,2,5-8,15-23,26,41H2,(H,42,46)(H,43,47)(H,44,49)/t33-/m1/s1. The van der Waals surface area contributed by atoms with Gasteiger partial charge in [-0.3, -0.25) is 14.4 Å². The summed E-state index contributed by atoms with van der Waals surface area (Å²) in [6.07, 6.45) is 8.19. The van der Waals surface area contributed by atoms with Crippen LogP contribution in [-0.4, -0.2) is 65.5 Å². The summed E-state index contributed by atoms with van der Waals surface area (Å²) in [6.45, 7) is 1.71. The van der Waals surface area contributed by atoms with Crippen LogP contribution in [0.15, 0.2) is 71.2 Å². The molecule has 0 spiro atoms. The third-order valence-electron chi connectivity index (χ3n) is 10.8. The predicted octanol–water partition coefficient (Wildman–Crippen LogP) is 5.75. The highest BCUT2D eigenvalue weighted by atomic mass is 79.9. The molecular formula is C39H48BrN5O5. The van der Waals surface area contributed by atoms with Crippen LogP contribution in [0.5, 0.6) is 5.75 Å². The maximum atomic E-state index is 14.0. The summed E-state index contributed by atoms with van der Waals surface area (Å²) < 4.78 is 6.61. The van der Waals surface area contributed by atoms with Gasteiger partial charge in [0.25, 0.3) is 0 Å². The Balaban J connectivity index is 1.07. The normalized spacial score (nSPS) is 19.4. The molecule has 1 aliphatic heterocycles. The molecule has 2 saturated carbocycles. The van der Waals surface area contributed by atoms with Crippen molar-refractivity contribution in [3.8, 4) is 5.75 Å². The lowest BCUT2D eigenvalue weighted by Gasteiger charge is -2.40. The minimum Gasteiger partial charge on any atom is -0.410 e. The number of rotatable bonds is 10. The highest BCUT2D eigenvalue weighted by Gasteiger charge is 2.44. The van der Waals surface area contributed by atoms with Crippen molar-refractivity contribution in [2.75, 3.05) is 19.6 Å². The first-order valence-corrected chi connectivity index (χ1v) is 18.8. The smallest absolute Gasteiger partial charge is 0.410 e. The summed E-state index contributed by atoms with van der Waals surface area (Å²) in [6, 6.07) is 20.0. The maximum absolute atomic E-state index is 14.0. The van der Waals surface area contributed by atoms with Crippen molar-refractivity contribution < 1.29 is 23.9 Å². The second-order valence-corrected chi connectivity index (χ2v) is 15.3. The van der Waals surface area contributed by atoms with E-state index in [1.807, 2.05) is 59.5 Å². The van der Waals surface area contributed by atoms with E-state index < -0.39 is 29.1 Å². The maximum Gasteiger partial charge on any atom is 0.413 e. The predicted molar refractivity (Wildman–Crippen MR) is 196 cm³/mol. The van der Waals surface area contributed by atoms with E-state index in [2.05, 4.69) is 31.9 Å². The van der Waals surface area contributed by atoms with Crippen LogP contribution in [0.4, 0.5) is 4.79 Å². The molecule has 1 heterocycles. The van der Waals surface area contributed by atoms with Gasteiger partial charge in [0, 0.05) is 30.5 Å². The lowest BCUT2D eigenvalue weighted by Crippen LogP contribution is -2.61. The SMILES string of the molecule is NC1(C(=O)N2CCC(CNC(=O)[C@@H](Cc3ccccc3)NC(=O)C3(NC(=O)Oc4ccc5cc(Br)ccc5c4)CCCC3)CC2)CCCCC1. The van der Waals surface area contributed by atoms with E-state index in [0.717, 1.165) is 78.6 Å². The second kappa shape index (κ2) is 15.9. The molecule has 0 unspecified atom stereocenters.